The minimum absolute atomic E-state index is 0.315. The Hall–Kier alpha value is -0.202. The van der Waals surface area contributed by atoms with E-state index in [0.29, 0.717) is 22.5 Å². The maximum absolute atomic E-state index is 12.7. The van der Waals surface area contributed by atoms with Crippen molar-refractivity contribution in [2.75, 3.05) is 0 Å². The first-order valence-electron chi connectivity index (χ1n) is 8.92. The molecule has 0 aromatic heterocycles. The minimum Gasteiger partial charge on any atom is -0.549 e. The summed E-state index contributed by atoms with van der Waals surface area (Å²) < 4.78 is 24.2. The van der Waals surface area contributed by atoms with Crippen LogP contribution in [0, 0.1) is 0 Å². The lowest BCUT2D eigenvalue weighted by Gasteiger charge is -2.43. The Morgan fingerprint density at radius 2 is 1.36 bits per heavy atom. The second-order valence-corrected chi connectivity index (χ2v) is 22.9. The van der Waals surface area contributed by atoms with Crippen molar-refractivity contribution in [1.29, 1.82) is 0 Å². The lowest BCUT2D eigenvalue weighted by Crippen LogP contribution is -2.53. The number of carbonyl (C=O) groups excluding carboxylic acids is 1. The first-order chi connectivity index (χ1) is 11.1. The molecule has 0 heterocycles. The largest absolute Gasteiger partial charge is 0.549 e. The molecule has 0 saturated carbocycles. The van der Waals surface area contributed by atoms with Gasteiger partial charge in [0.25, 0.3) is 0 Å². The van der Waals surface area contributed by atoms with Crippen LogP contribution in [0.5, 0.6) is 0 Å². The highest BCUT2D eigenvalue weighted by Gasteiger charge is 2.46. The Morgan fingerprint density at radius 3 is 1.64 bits per heavy atom. The van der Waals surface area contributed by atoms with Crippen molar-refractivity contribution in [1.82, 2.24) is 0 Å². The summed E-state index contributed by atoms with van der Waals surface area (Å²) in [5.41, 5.74) is 0.372. The van der Waals surface area contributed by atoms with Crippen LogP contribution in [0.2, 0.25) is 58.9 Å². The van der Waals surface area contributed by atoms with Crippen molar-refractivity contribution in [3.05, 3.63) is 11.8 Å². The van der Waals surface area contributed by atoms with E-state index in [2.05, 4.69) is 65.8 Å². The van der Waals surface area contributed by atoms with Crippen LogP contribution >= 0.6 is 0 Å². The van der Waals surface area contributed by atoms with Gasteiger partial charge in [0.2, 0.25) is 18.8 Å². The molecule has 0 aromatic rings. The average Bonchev–Trinajstić information content (AvgIpc) is 2.32. The zero-order chi connectivity index (χ0) is 20.1. The number of rotatable bonds is 10. The topological polar surface area (TPSA) is 54.0 Å². The highest BCUT2D eigenvalue weighted by atomic mass is 28.4. The highest BCUT2D eigenvalue weighted by Crippen LogP contribution is 2.36. The van der Waals surface area contributed by atoms with Gasteiger partial charge in [0.15, 0.2) is 22.4 Å². The van der Waals surface area contributed by atoms with Crippen LogP contribution in [0.15, 0.2) is 11.8 Å². The van der Waals surface area contributed by atoms with Crippen molar-refractivity contribution in [3.8, 4) is 0 Å². The number of hydrogen-bond acceptors (Lipinski definition) is 5. The fraction of sp³-hybridized carbons (Fsp3) is 0.812. The van der Waals surface area contributed by atoms with Gasteiger partial charge >= 0.3 is 5.97 Å². The molecule has 0 aliphatic rings. The molecule has 0 rings (SSSR count). The van der Waals surface area contributed by atoms with E-state index in [4.69, 9.17) is 17.7 Å². The fourth-order valence-electron chi connectivity index (χ4n) is 2.32. The fourth-order valence-corrected chi connectivity index (χ4v) is 5.59. The summed E-state index contributed by atoms with van der Waals surface area (Å²) >= 11 is 0. The van der Waals surface area contributed by atoms with Crippen molar-refractivity contribution in [2.45, 2.75) is 84.5 Å². The van der Waals surface area contributed by atoms with E-state index in [1.54, 1.807) is 6.26 Å². The average molecular weight is 423 g/mol. The third kappa shape index (κ3) is 9.90. The van der Waals surface area contributed by atoms with Gasteiger partial charge < -0.3 is 17.7 Å². The quantitative estimate of drug-likeness (QED) is 0.232. The normalized spacial score (nSPS) is 14.6. The molecular weight excluding hydrogens is 385 g/mol. The van der Waals surface area contributed by atoms with E-state index in [-0.39, 0.29) is 0 Å². The predicted molar refractivity (Wildman–Crippen MR) is 115 cm³/mol. The van der Waals surface area contributed by atoms with E-state index in [1.807, 2.05) is 0 Å². The number of carbonyl (C=O) groups is 1. The molecule has 0 atom stereocenters. The molecule has 0 aliphatic heterocycles. The van der Waals surface area contributed by atoms with Crippen molar-refractivity contribution in [2.24, 2.45) is 0 Å². The summed E-state index contributed by atoms with van der Waals surface area (Å²) in [5.74, 6) is -1.49. The Morgan fingerprint density at radius 1 is 0.920 bits per heavy atom. The van der Waals surface area contributed by atoms with Gasteiger partial charge in [-0.25, -0.2) is 4.79 Å². The first-order valence-corrected chi connectivity index (χ1v) is 20.0. The van der Waals surface area contributed by atoms with Crippen LogP contribution in [-0.2, 0) is 22.5 Å². The predicted octanol–water partition coefficient (Wildman–Crippen LogP) is 3.74. The molecule has 0 amide bonds. The van der Waals surface area contributed by atoms with E-state index < -0.39 is 36.7 Å². The van der Waals surface area contributed by atoms with Gasteiger partial charge in [-0.3, -0.25) is 0 Å². The molecule has 0 fully saturated rings. The molecule has 0 unspecified atom stereocenters. The molecular formula is C16H38O5Si4. The first kappa shape index (κ1) is 24.8. The minimum atomic E-state index is -2.01. The Kier molecular flexibility index (Phi) is 9.06. The van der Waals surface area contributed by atoms with Gasteiger partial charge in [-0.2, -0.15) is 0 Å². The Labute approximate surface area is 160 Å². The zero-order valence-corrected chi connectivity index (χ0v) is 23.0. The highest BCUT2D eigenvalue weighted by molar-refractivity contribution is 6.71. The maximum atomic E-state index is 12.7. The monoisotopic (exact) mass is 422 g/mol. The van der Waals surface area contributed by atoms with Gasteiger partial charge in [-0.15, -0.1) is 0 Å². The second kappa shape index (κ2) is 9.13. The summed E-state index contributed by atoms with van der Waals surface area (Å²) in [6.07, 6.45) is 2.98. The molecule has 0 spiro atoms. The summed E-state index contributed by atoms with van der Waals surface area (Å²) in [6.45, 7) is 20.9. The smallest absolute Gasteiger partial charge is 0.328 e. The van der Waals surface area contributed by atoms with Gasteiger partial charge in [0, 0.05) is 6.42 Å². The third-order valence-corrected chi connectivity index (χ3v) is 5.95. The second-order valence-electron chi connectivity index (χ2n) is 9.19. The van der Waals surface area contributed by atoms with Crippen LogP contribution in [0.4, 0.5) is 0 Å². The van der Waals surface area contributed by atoms with Crippen molar-refractivity contribution >= 4 is 41.4 Å². The molecule has 9 heteroatoms. The molecule has 0 aromatic carbocycles. The molecule has 0 N–H and O–H groups in total. The SMILES string of the molecule is CCCC(O[Si](C)(C)C)(O[Si](C)(C)C)C(=CO[Si](C)(C)C)C(=O)O[SiH3]. The van der Waals surface area contributed by atoms with Crippen LogP contribution < -0.4 is 0 Å². The number of hydrogen-bond donors (Lipinski definition) is 0. The van der Waals surface area contributed by atoms with Crippen LogP contribution in [-0.4, -0.2) is 47.2 Å². The van der Waals surface area contributed by atoms with Gasteiger partial charge in [0.05, 0.1) is 6.26 Å². The molecule has 0 bridgehead atoms. The third-order valence-electron chi connectivity index (χ3n) is 2.87. The lowest BCUT2D eigenvalue weighted by molar-refractivity contribution is -0.143. The Balaban J connectivity index is 6.33. The molecule has 0 aliphatic carbocycles. The van der Waals surface area contributed by atoms with Crippen LogP contribution in [0.3, 0.4) is 0 Å². The van der Waals surface area contributed by atoms with Crippen LogP contribution in [0.1, 0.15) is 19.8 Å². The molecule has 5 nitrogen and oxygen atoms in total. The van der Waals surface area contributed by atoms with E-state index in [9.17, 15) is 4.79 Å². The maximum Gasteiger partial charge on any atom is 0.328 e. The van der Waals surface area contributed by atoms with E-state index in [1.165, 1.54) is 0 Å². The van der Waals surface area contributed by atoms with E-state index in [0.717, 1.165) is 6.42 Å². The molecule has 0 radical (unpaired) electrons. The molecule has 25 heavy (non-hydrogen) atoms. The Bertz CT molecular complexity index is 456. The summed E-state index contributed by atoms with van der Waals surface area (Å²) in [4.78, 5) is 12.7. The standard InChI is InChI=1S/C16H38O5Si4/c1-11-12-16(20-24(5,6)7,21-25(8,9)10)14(15(17)19-22)13-18-23(2,3)4/h13H,11-12H2,1-10,22H3. The lowest BCUT2D eigenvalue weighted by atomic mass is 10.0. The molecule has 0 saturated heterocycles. The van der Waals surface area contributed by atoms with E-state index >= 15 is 0 Å². The van der Waals surface area contributed by atoms with Gasteiger partial charge in [-0.1, -0.05) is 13.3 Å². The summed E-state index contributed by atoms with van der Waals surface area (Å²) in [7, 11) is -5.56. The van der Waals surface area contributed by atoms with Gasteiger partial charge in [0.1, 0.15) is 5.57 Å². The summed E-state index contributed by atoms with van der Waals surface area (Å²) in [6, 6.07) is 0. The van der Waals surface area contributed by atoms with Crippen molar-refractivity contribution in [3.63, 3.8) is 0 Å². The van der Waals surface area contributed by atoms with Gasteiger partial charge in [-0.05, 0) is 58.9 Å². The summed E-state index contributed by atoms with van der Waals surface area (Å²) in [5, 5.41) is 0. The molecule has 148 valence electrons. The zero-order valence-electron chi connectivity index (χ0n) is 18.0. The van der Waals surface area contributed by atoms with Crippen LogP contribution in [0.25, 0.3) is 0 Å². The van der Waals surface area contributed by atoms with Crippen molar-refractivity contribution < 1.29 is 22.5 Å².